The molecule has 1 heterocycles. The number of benzene rings is 2. The zero-order chi connectivity index (χ0) is 18.7. The van der Waals surface area contributed by atoms with Crippen molar-refractivity contribution in [1.82, 2.24) is 9.62 Å². The molecule has 0 atom stereocenters. The van der Waals surface area contributed by atoms with Gasteiger partial charge < -0.3 is 9.64 Å². The second kappa shape index (κ2) is 7.59. The highest BCUT2D eigenvalue weighted by atomic mass is 32.2. The van der Waals surface area contributed by atoms with E-state index >= 15 is 0 Å². The fourth-order valence-corrected chi connectivity index (χ4v) is 4.66. The number of hydrogen-bond donors (Lipinski definition) is 1. The Balaban J connectivity index is 1.75. The lowest BCUT2D eigenvalue weighted by molar-refractivity contribution is 0.0966. The molecule has 0 aliphatic carbocycles. The Morgan fingerprint density at radius 2 is 1.85 bits per heavy atom. The van der Waals surface area contributed by atoms with E-state index in [0.29, 0.717) is 37.9 Å². The van der Waals surface area contributed by atoms with Gasteiger partial charge in [0.1, 0.15) is 5.82 Å². The lowest BCUT2D eigenvalue weighted by Crippen LogP contribution is -2.46. The van der Waals surface area contributed by atoms with Crippen LogP contribution in [0.3, 0.4) is 0 Å². The van der Waals surface area contributed by atoms with E-state index in [1.807, 2.05) is 0 Å². The van der Waals surface area contributed by atoms with Crippen LogP contribution in [-0.2, 0) is 14.8 Å². The van der Waals surface area contributed by atoms with Crippen molar-refractivity contribution in [1.29, 1.82) is 0 Å². The Kier molecular flexibility index (Phi) is 5.43. The lowest BCUT2D eigenvalue weighted by atomic mass is 10.1. The molecule has 8 heteroatoms. The fraction of sp³-hybridized carbons (Fsp3) is 0.389. The summed E-state index contributed by atoms with van der Waals surface area (Å²) in [6, 6.07) is 8.67. The van der Waals surface area contributed by atoms with Crippen LogP contribution in [0.5, 0.6) is 0 Å². The maximum absolute atomic E-state index is 13.9. The van der Waals surface area contributed by atoms with Gasteiger partial charge in [-0.3, -0.25) is 0 Å². The Labute approximate surface area is 152 Å². The first-order valence-corrected chi connectivity index (χ1v) is 10.0. The van der Waals surface area contributed by atoms with Crippen LogP contribution < -0.4 is 4.72 Å². The number of nitrogens with zero attached hydrogens (tertiary/aromatic N) is 1. The summed E-state index contributed by atoms with van der Waals surface area (Å²) in [4.78, 5) is 13.3. The number of sulfonamides is 1. The van der Waals surface area contributed by atoms with E-state index in [0.717, 1.165) is 0 Å². The van der Waals surface area contributed by atoms with Crippen molar-refractivity contribution >= 4 is 26.9 Å². The normalized spacial score (nSPS) is 16.0. The number of carbonyl (C=O) groups excluding carboxylic acids is 1. The number of ether oxygens (including phenoxy) is 1. The number of rotatable bonds is 4. The maximum Gasteiger partial charge on any atom is 0.409 e. The van der Waals surface area contributed by atoms with Gasteiger partial charge in [0.2, 0.25) is 10.0 Å². The fourth-order valence-electron chi connectivity index (χ4n) is 3.15. The SMILES string of the molecule is CCOC(=O)N1CCC(NS(=O)(=O)c2ccc(F)c3ccccc23)CC1. The molecule has 0 spiro atoms. The molecule has 1 saturated heterocycles. The summed E-state index contributed by atoms with van der Waals surface area (Å²) in [5, 5.41) is 0.622. The van der Waals surface area contributed by atoms with Crippen LogP contribution in [0, 0.1) is 5.82 Å². The van der Waals surface area contributed by atoms with Gasteiger partial charge in [-0.2, -0.15) is 0 Å². The minimum atomic E-state index is -3.80. The minimum Gasteiger partial charge on any atom is -0.450 e. The third-order valence-electron chi connectivity index (χ3n) is 4.46. The van der Waals surface area contributed by atoms with E-state index in [2.05, 4.69) is 4.72 Å². The van der Waals surface area contributed by atoms with Gasteiger partial charge in [-0.05, 0) is 31.9 Å². The number of nitrogens with one attached hydrogen (secondary N) is 1. The molecular formula is C18H21FN2O4S. The Bertz CT molecular complexity index is 909. The molecule has 2 aromatic rings. The molecule has 0 aromatic heterocycles. The van der Waals surface area contributed by atoms with E-state index < -0.39 is 15.8 Å². The second-order valence-electron chi connectivity index (χ2n) is 6.17. The number of amides is 1. The molecule has 0 radical (unpaired) electrons. The molecule has 6 nitrogen and oxygen atoms in total. The molecule has 1 aliphatic rings. The number of hydrogen-bond acceptors (Lipinski definition) is 4. The molecule has 2 aromatic carbocycles. The molecule has 0 saturated carbocycles. The number of carbonyl (C=O) groups is 1. The second-order valence-corrected chi connectivity index (χ2v) is 7.86. The van der Waals surface area contributed by atoms with Crippen LogP contribution in [0.1, 0.15) is 19.8 Å². The van der Waals surface area contributed by atoms with Crippen molar-refractivity contribution in [3.63, 3.8) is 0 Å². The smallest absolute Gasteiger partial charge is 0.409 e. The van der Waals surface area contributed by atoms with Crippen molar-refractivity contribution in [2.75, 3.05) is 19.7 Å². The first kappa shape index (κ1) is 18.6. The molecule has 140 valence electrons. The van der Waals surface area contributed by atoms with Crippen LogP contribution >= 0.6 is 0 Å². The summed E-state index contributed by atoms with van der Waals surface area (Å²) < 4.78 is 47.2. The van der Waals surface area contributed by atoms with Gasteiger partial charge in [0.15, 0.2) is 0 Å². The number of fused-ring (bicyclic) bond motifs is 1. The molecule has 3 rings (SSSR count). The van der Waals surface area contributed by atoms with Crippen LogP contribution in [-0.4, -0.2) is 45.1 Å². The topological polar surface area (TPSA) is 75.7 Å². The quantitative estimate of drug-likeness (QED) is 0.885. The molecule has 1 N–H and O–H groups in total. The van der Waals surface area contributed by atoms with Crippen molar-refractivity contribution in [3.8, 4) is 0 Å². The van der Waals surface area contributed by atoms with Crippen molar-refractivity contribution in [2.45, 2.75) is 30.7 Å². The number of halogens is 1. The Morgan fingerprint density at radius 3 is 2.50 bits per heavy atom. The van der Waals surface area contributed by atoms with E-state index in [-0.39, 0.29) is 22.4 Å². The van der Waals surface area contributed by atoms with Gasteiger partial charge in [-0.25, -0.2) is 22.3 Å². The zero-order valence-electron chi connectivity index (χ0n) is 14.4. The average Bonchev–Trinajstić information content (AvgIpc) is 2.62. The van der Waals surface area contributed by atoms with E-state index in [9.17, 15) is 17.6 Å². The zero-order valence-corrected chi connectivity index (χ0v) is 15.3. The van der Waals surface area contributed by atoms with E-state index in [1.54, 1.807) is 36.1 Å². The van der Waals surface area contributed by atoms with Gasteiger partial charge in [-0.1, -0.05) is 24.3 Å². The summed E-state index contributed by atoms with van der Waals surface area (Å²) in [6.45, 7) is 2.90. The summed E-state index contributed by atoms with van der Waals surface area (Å²) >= 11 is 0. The summed E-state index contributed by atoms with van der Waals surface area (Å²) in [5.74, 6) is -0.456. The van der Waals surface area contributed by atoms with Crippen molar-refractivity contribution in [3.05, 3.63) is 42.2 Å². The molecule has 0 unspecified atom stereocenters. The molecule has 1 fully saturated rings. The molecule has 0 bridgehead atoms. The van der Waals surface area contributed by atoms with E-state index in [4.69, 9.17) is 4.74 Å². The minimum absolute atomic E-state index is 0.0577. The average molecular weight is 380 g/mol. The highest BCUT2D eigenvalue weighted by molar-refractivity contribution is 7.89. The highest BCUT2D eigenvalue weighted by Gasteiger charge is 2.28. The van der Waals surface area contributed by atoms with E-state index in [1.165, 1.54) is 12.1 Å². The molecular weight excluding hydrogens is 359 g/mol. The summed E-state index contributed by atoms with van der Waals surface area (Å²) in [6.07, 6.45) is 0.618. The largest absolute Gasteiger partial charge is 0.450 e. The lowest BCUT2D eigenvalue weighted by Gasteiger charge is -2.31. The first-order chi connectivity index (χ1) is 12.4. The van der Waals surface area contributed by atoms with Gasteiger partial charge in [-0.15, -0.1) is 0 Å². The third kappa shape index (κ3) is 3.81. The predicted octanol–water partition coefficient (Wildman–Crippen LogP) is 2.88. The third-order valence-corrected chi connectivity index (χ3v) is 6.04. The Morgan fingerprint density at radius 1 is 1.19 bits per heavy atom. The highest BCUT2D eigenvalue weighted by Crippen LogP contribution is 2.26. The summed E-state index contributed by atoms with van der Waals surface area (Å²) in [5.41, 5.74) is 0. The first-order valence-electron chi connectivity index (χ1n) is 8.53. The monoisotopic (exact) mass is 380 g/mol. The van der Waals surface area contributed by atoms with Crippen molar-refractivity contribution in [2.24, 2.45) is 0 Å². The van der Waals surface area contributed by atoms with Gasteiger partial charge in [0.05, 0.1) is 11.5 Å². The molecule has 1 aliphatic heterocycles. The van der Waals surface area contributed by atoms with Gasteiger partial charge in [0.25, 0.3) is 0 Å². The predicted molar refractivity (Wildman–Crippen MR) is 95.8 cm³/mol. The Hall–Kier alpha value is -2.19. The van der Waals surface area contributed by atoms with Crippen LogP contribution in [0.25, 0.3) is 10.8 Å². The summed E-state index contributed by atoms with van der Waals surface area (Å²) in [7, 11) is -3.80. The van der Waals surface area contributed by atoms with Crippen LogP contribution in [0.15, 0.2) is 41.3 Å². The number of piperidine rings is 1. The molecule has 1 amide bonds. The maximum atomic E-state index is 13.9. The number of likely N-dealkylation sites (tertiary alicyclic amines) is 1. The van der Waals surface area contributed by atoms with Gasteiger partial charge >= 0.3 is 6.09 Å². The van der Waals surface area contributed by atoms with Crippen LogP contribution in [0.4, 0.5) is 9.18 Å². The van der Waals surface area contributed by atoms with Crippen molar-refractivity contribution < 1.29 is 22.3 Å². The molecule has 26 heavy (non-hydrogen) atoms. The van der Waals surface area contributed by atoms with Crippen LogP contribution in [0.2, 0.25) is 0 Å². The van der Waals surface area contributed by atoms with Gasteiger partial charge in [0, 0.05) is 29.9 Å². The standard InChI is InChI=1S/C18H21FN2O4S/c1-2-25-18(22)21-11-9-13(10-12-21)20-26(23,24)17-8-7-16(19)14-5-3-4-6-15(14)17/h3-8,13,20H,2,9-12H2,1H3.